The van der Waals surface area contributed by atoms with E-state index in [1.165, 1.54) is 0 Å². The molecule has 0 aliphatic carbocycles. The van der Waals surface area contributed by atoms with Crippen molar-refractivity contribution in [2.45, 2.75) is 6.54 Å². The zero-order valence-electron chi connectivity index (χ0n) is 13.7. The second kappa shape index (κ2) is 7.70. The number of hydrogen-bond donors (Lipinski definition) is 1. The van der Waals surface area contributed by atoms with Gasteiger partial charge in [0.2, 0.25) is 0 Å². The fourth-order valence-electron chi connectivity index (χ4n) is 3.04. The van der Waals surface area contributed by atoms with Crippen LogP contribution in [-0.2, 0) is 6.54 Å². The molecule has 132 valence electrons. The topological polar surface area (TPSA) is 43.8 Å². The highest BCUT2D eigenvalue weighted by atomic mass is 79.9. The van der Waals surface area contributed by atoms with Gasteiger partial charge in [-0.15, -0.1) is 12.4 Å². The van der Waals surface area contributed by atoms with Crippen LogP contribution in [0.5, 0.6) is 0 Å². The van der Waals surface area contributed by atoms with Crippen LogP contribution in [0, 0.1) is 0 Å². The SMILES string of the molecule is Cl.Nc1cccc(Cn2c(-c3ccccc3Cl)cc3ccc(Br)cc32)n1. The largest absolute Gasteiger partial charge is 0.384 e. The summed E-state index contributed by atoms with van der Waals surface area (Å²) >= 11 is 10.0. The minimum atomic E-state index is 0. The summed E-state index contributed by atoms with van der Waals surface area (Å²) in [5.41, 5.74) is 9.93. The molecule has 2 heterocycles. The molecule has 0 radical (unpaired) electrons. The van der Waals surface area contributed by atoms with Crippen molar-refractivity contribution >= 4 is 56.7 Å². The van der Waals surface area contributed by atoms with E-state index in [1.54, 1.807) is 6.07 Å². The van der Waals surface area contributed by atoms with Crippen LogP contribution in [0.2, 0.25) is 5.02 Å². The summed E-state index contributed by atoms with van der Waals surface area (Å²) < 4.78 is 3.26. The molecule has 0 saturated heterocycles. The molecule has 4 aromatic rings. The first-order chi connectivity index (χ1) is 12.1. The first-order valence-electron chi connectivity index (χ1n) is 7.87. The van der Waals surface area contributed by atoms with Crippen molar-refractivity contribution < 1.29 is 0 Å². The summed E-state index contributed by atoms with van der Waals surface area (Å²) in [6.07, 6.45) is 0. The Kier molecular flexibility index (Phi) is 5.56. The second-order valence-electron chi connectivity index (χ2n) is 5.85. The van der Waals surface area contributed by atoms with E-state index in [0.717, 1.165) is 37.3 Å². The van der Waals surface area contributed by atoms with E-state index in [1.807, 2.05) is 42.5 Å². The zero-order valence-corrected chi connectivity index (χ0v) is 16.9. The van der Waals surface area contributed by atoms with Gasteiger partial charge in [-0.1, -0.05) is 57.9 Å². The van der Waals surface area contributed by atoms with Gasteiger partial charge in [-0.2, -0.15) is 0 Å². The number of anilines is 1. The van der Waals surface area contributed by atoms with E-state index in [4.69, 9.17) is 17.3 Å². The first-order valence-corrected chi connectivity index (χ1v) is 9.04. The average molecular weight is 449 g/mol. The van der Waals surface area contributed by atoms with Crippen molar-refractivity contribution in [3.8, 4) is 11.3 Å². The molecule has 0 aliphatic rings. The van der Waals surface area contributed by atoms with Gasteiger partial charge in [0, 0.05) is 26.0 Å². The Balaban J connectivity index is 0.00000196. The molecule has 0 aliphatic heterocycles. The first kappa shape index (κ1) is 18.8. The molecule has 0 amide bonds. The van der Waals surface area contributed by atoms with Gasteiger partial charge in [-0.3, -0.25) is 0 Å². The Bertz CT molecular complexity index is 1080. The quantitative estimate of drug-likeness (QED) is 0.407. The van der Waals surface area contributed by atoms with E-state index in [-0.39, 0.29) is 12.4 Å². The molecular weight excluding hydrogens is 433 g/mol. The van der Waals surface area contributed by atoms with Crippen molar-refractivity contribution in [3.05, 3.63) is 81.9 Å². The number of nitrogens with zero attached hydrogens (tertiary/aromatic N) is 2. The molecule has 26 heavy (non-hydrogen) atoms. The number of benzene rings is 2. The number of aromatic nitrogens is 2. The number of rotatable bonds is 3. The molecule has 0 saturated carbocycles. The van der Waals surface area contributed by atoms with Crippen LogP contribution in [0.15, 0.2) is 71.2 Å². The fourth-order valence-corrected chi connectivity index (χ4v) is 3.62. The van der Waals surface area contributed by atoms with Gasteiger partial charge < -0.3 is 10.3 Å². The third kappa shape index (κ3) is 3.58. The Hall–Kier alpha value is -2.01. The van der Waals surface area contributed by atoms with Gasteiger partial charge in [-0.05, 0) is 36.4 Å². The van der Waals surface area contributed by atoms with Crippen molar-refractivity contribution in [2.24, 2.45) is 0 Å². The van der Waals surface area contributed by atoms with Crippen LogP contribution < -0.4 is 5.73 Å². The van der Waals surface area contributed by atoms with Crippen LogP contribution in [0.3, 0.4) is 0 Å². The molecule has 2 aromatic heterocycles. The molecule has 4 rings (SSSR count). The maximum absolute atomic E-state index is 6.46. The van der Waals surface area contributed by atoms with Gasteiger partial charge in [-0.25, -0.2) is 4.98 Å². The average Bonchev–Trinajstić information content (AvgIpc) is 2.93. The van der Waals surface area contributed by atoms with Gasteiger partial charge in [0.05, 0.1) is 17.9 Å². The number of nitrogen functional groups attached to an aromatic ring is 1. The fraction of sp³-hybridized carbons (Fsp3) is 0.0500. The molecule has 2 aromatic carbocycles. The lowest BCUT2D eigenvalue weighted by molar-refractivity contribution is 0.816. The monoisotopic (exact) mass is 447 g/mol. The van der Waals surface area contributed by atoms with Crippen molar-refractivity contribution in [1.29, 1.82) is 0 Å². The third-order valence-corrected chi connectivity index (χ3v) is 4.99. The molecule has 6 heteroatoms. The summed E-state index contributed by atoms with van der Waals surface area (Å²) in [6, 6.07) is 22.0. The smallest absolute Gasteiger partial charge is 0.123 e. The number of nitrogens with two attached hydrogens (primary N) is 1. The minimum absolute atomic E-state index is 0. The van der Waals surface area contributed by atoms with Gasteiger partial charge in [0.25, 0.3) is 0 Å². The Morgan fingerprint density at radius 3 is 2.58 bits per heavy atom. The third-order valence-electron chi connectivity index (χ3n) is 4.16. The number of fused-ring (bicyclic) bond motifs is 1. The number of halogens is 3. The predicted octanol–water partition coefficient (Wildman–Crippen LogP) is 6.17. The normalized spacial score (nSPS) is 10.7. The van der Waals surface area contributed by atoms with Crippen LogP contribution in [0.1, 0.15) is 5.69 Å². The summed E-state index contributed by atoms with van der Waals surface area (Å²) in [4.78, 5) is 4.45. The molecule has 0 spiro atoms. The van der Waals surface area contributed by atoms with Gasteiger partial charge in [0.1, 0.15) is 5.82 Å². The lowest BCUT2D eigenvalue weighted by Crippen LogP contribution is -2.05. The predicted molar refractivity (Wildman–Crippen MR) is 115 cm³/mol. The van der Waals surface area contributed by atoms with Crippen molar-refractivity contribution in [1.82, 2.24) is 9.55 Å². The van der Waals surface area contributed by atoms with E-state index >= 15 is 0 Å². The summed E-state index contributed by atoms with van der Waals surface area (Å²) in [5.74, 6) is 0.523. The van der Waals surface area contributed by atoms with Crippen LogP contribution in [0.4, 0.5) is 5.82 Å². The molecule has 0 atom stereocenters. The highest BCUT2D eigenvalue weighted by molar-refractivity contribution is 9.10. The molecule has 0 unspecified atom stereocenters. The van der Waals surface area contributed by atoms with E-state index in [2.05, 4.69) is 43.7 Å². The maximum atomic E-state index is 6.46. The van der Waals surface area contributed by atoms with Gasteiger partial charge >= 0.3 is 0 Å². The molecule has 0 bridgehead atoms. The number of hydrogen-bond acceptors (Lipinski definition) is 2. The highest BCUT2D eigenvalue weighted by Gasteiger charge is 2.14. The zero-order chi connectivity index (χ0) is 17.4. The van der Waals surface area contributed by atoms with E-state index in [0.29, 0.717) is 12.4 Å². The van der Waals surface area contributed by atoms with Crippen molar-refractivity contribution in [2.75, 3.05) is 5.73 Å². The maximum Gasteiger partial charge on any atom is 0.123 e. The van der Waals surface area contributed by atoms with Crippen LogP contribution in [-0.4, -0.2) is 9.55 Å². The Morgan fingerprint density at radius 2 is 1.81 bits per heavy atom. The standard InChI is InChI=1S/C20H15BrClN3.ClH/c21-14-9-8-13-10-19(16-5-1-2-6-17(16)22)25(18(13)11-14)12-15-4-3-7-20(23)24-15;/h1-11H,12H2,(H2,23,24);1H. The summed E-state index contributed by atoms with van der Waals surface area (Å²) in [5, 5.41) is 1.88. The Labute approximate surface area is 171 Å². The van der Waals surface area contributed by atoms with E-state index < -0.39 is 0 Å². The second-order valence-corrected chi connectivity index (χ2v) is 7.18. The van der Waals surface area contributed by atoms with E-state index in [9.17, 15) is 0 Å². The molecule has 0 fully saturated rings. The summed E-state index contributed by atoms with van der Waals surface area (Å²) in [7, 11) is 0. The molecule has 3 nitrogen and oxygen atoms in total. The van der Waals surface area contributed by atoms with Gasteiger partial charge in [0.15, 0.2) is 0 Å². The number of pyridine rings is 1. The van der Waals surface area contributed by atoms with Crippen LogP contribution >= 0.6 is 39.9 Å². The van der Waals surface area contributed by atoms with Crippen molar-refractivity contribution in [3.63, 3.8) is 0 Å². The highest BCUT2D eigenvalue weighted by Crippen LogP contribution is 2.34. The lowest BCUT2D eigenvalue weighted by Gasteiger charge is -2.12. The van der Waals surface area contributed by atoms with Crippen LogP contribution in [0.25, 0.3) is 22.2 Å². The minimum Gasteiger partial charge on any atom is -0.384 e. The molecule has 2 N–H and O–H groups in total. The Morgan fingerprint density at radius 1 is 1.00 bits per heavy atom. The lowest BCUT2D eigenvalue weighted by atomic mass is 10.1. The molecular formula is C20H16BrCl2N3. The summed E-state index contributed by atoms with van der Waals surface area (Å²) in [6.45, 7) is 0.617.